The number of halogens is 1. The first-order valence-corrected chi connectivity index (χ1v) is 5.03. The second kappa shape index (κ2) is 3.93. The molecule has 0 bridgehead atoms. The van der Waals surface area contributed by atoms with Crippen molar-refractivity contribution < 1.29 is 0 Å². The Morgan fingerprint density at radius 1 is 1.00 bits per heavy atom. The standard InChI is InChI=1S/C12H13N.HI/c1-3-7-11-9(5-1)10-6-2-4-8-12(10)13-11;/h1,3,5,7,13H,2,4,6,8H2;1H. The number of aromatic nitrogens is 1. The Balaban J connectivity index is 0.000000750. The lowest BCUT2D eigenvalue weighted by atomic mass is 9.96. The number of nitrogens with one attached hydrogen (secondary N) is 1. The van der Waals surface area contributed by atoms with Crippen LogP contribution >= 0.6 is 24.0 Å². The molecule has 1 N–H and O–H groups in total. The molecule has 74 valence electrons. The van der Waals surface area contributed by atoms with E-state index in [4.69, 9.17) is 0 Å². The Bertz CT molecular complexity index is 445. The van der Waals surface area contributed by atoms with E-state index in [-0.39, 0.29) is 24.0 Å². The molecule has 14 heavy (non-hydrogen) atoms. The van der Waals surface area contributed by atoms with E-state index in [0.717, 1.165) is 0 Å². The van der Waals surface area contributed by atoms with Crippen LogP contribution < -0.4 is 0 Å². The number of aromatic amines is 1. The van der Waals surface area contributed by atoms with Gasteiger partial charge in [0.15, 0.2) is 0 Å². The van der Waals surface area contributed by atoms with Crippen molar-refractivity contribution in [3.05, 3.63) is 35.5 Å². The van der Waals surface area contributed by atoms with Crippen molar-refractivity contribution in [1.29, 1.82) is 0 Å². The summed E-state index contributed by atoms with van der Waals surface area (Å²) in [5.74, 6) is 0. The van der Waals surface area contributed by atoms with Crippen LogP contribution in [-0.4, -0.2) is 4.98 Å². The van der Waals surface area contributed by atoms with E-state index < -0.39 is 0 Å². The highest BCUT2D eigenvalue weighted by atomic mass is 127. The average Bonchev–Trinajstić information content (AvgIpc) is 2.56. The highest BCUT2D eigenvalue weighted by molar-refractivity contribution is 14.0. The minimum atomic E-state index is 0. The number of hydrogen-bond acceptors (Lipinski definition) is 0. The van der Waals surface area contributed by atoms with Gasteiger partial charge in [-0.1, -0.05) is 18.2 Å². The monoisotopic (exact) mass is 299 g/mol. The van der Waals surface area contributed by atoms with Crippen molar-refractivity contribution in [2.75, 3.05) is 0 Å². The zero-order chi connectivity index (χ0) is 8.67. The van der Waals surface area contributed by atoms with Crippen molar-refractivity contribution in [3.8, 4) is 0 Å². The van der Waals surface area contributed by atoms with Crippen LogP contribution in [-0.2, 0) is 12.8 Å². The molecule has 2 heteroatoms. The summed E-state index contributed by atoms with van der Waals surface area (Å²) in [7, 11) is 0. The van der Waals surface area contributed by atoms with E-state index in [9.17, 15) is 0 Å². The van der Waals surface area contributed by atoms with Gasteiger partial charge in [0, 0.05) is 16.6 Å². The second-order valence-corrected chi connectivity index (χ2v) is 3.83. The average molecular weight is 299 g/mol. The molecule has 0 saturated heterocycles. The zero-order valence-electron chi connectivity index (χ0n) is 8.05. The van der Waals surface area contributed by atoms with Gasteiger partial charge in [-0.15, -0.1) is 24.0 Å². The minimum absolute atomic E-state index is 0. The molecule has 0 aliphatic heterocycles. The third kappa shape index (κ3) is 1.45. The Morgan fingerprint density at radius 3 is 2.71 bits per heavy atom. The quantitative estimate of drug-likeness (QED) is 0.715. The van der Waals surface area contributed by atoms with Gasteiger partial charge in [0.1, 0.15) is 0 Å². The maximum absolute atomic E-state index is 3.52. The summed E-state index contributed by atoms with van der Waals surface area (Å²) >= 11 is 0. The molecule has 1 aliphatic carbocycles. The Labute approximate surface area is 101 Å². The van der Waals surface area contributed by atoms with E-state index in [2.05, 4.69) is 29.2 Å². The number of para-hydroxylation sites is 1. The van der Waals surface area contributed by atoms with Crippen LogP contribution in [0.5, 0.6) is 0 Å². The Morgan fingerprint density at radius 2 is 1.79 bits per heavy atom. The molecule has 0 unspecified atom stereocenters. The molecule has 1 nitrogen and oxygen atoms in total. The lowest BCUT2D eigenvalue weighted by Gasteiger charge is -2.10. The molecule has 3 rings (SSSR count). The van der Waals surface area contributed by atoms with Gasteiger partial charge < -0.3 is 4.98 Å². The summed E-state index contributed by atoms with van der Waals surface area (Å²) in [6, 6.07) is 8.64. The zero-order valence-corrected chi connectivity index (χ0v) is 10.4. The van der Waals surface area contributed by atoms with Gasteiger partial charge in [0.25, 0.3) is 0 Å². The van der Waals surface area contributed by atoms with Crippen molar-refractivity contribution in [1.82, 2.24) is 4.98 Å². The predicted octanol–water partition coefficient (Wildman–Crippen LogP) is 3.66. The summed E-state index contributed by atoms with van der Waals surface area (Å²) in [6.45, 7) is 0. The van der Waals surface area contributed by atoms with Crippen LogP contribution in [0.2, 0.25) is 0 Å². The third-order valence-electron chi connectivity index (χ3n) is 3.01. The molecule has 1 aliphatic rings. The fraction of sp³-hybridized carbons (Fsp3) is 0.333. The van der Waals surface area contributed by atoms with Crippen molar-refractivity contribution in [2.45, 2.75) is 25.7 Å². The van der Waals surface area contributed by atoms with E-state index in [0.29, 0.717) is 0 Å². The van der Waals surface area contributed by atoms with Gasteiger partial charge in [-0.05, 0) is 37.3 Å². The second-order valence-electron chi connectivity index (χ2n) is 3.83. The van der Waals surface area contributed by atoms with E-state index in [1.165, 1.54) is 42.3 Å². The largest absolute Gasteiger partial charge is 0.358 e. The highest BCUT2D eigenvalue weighted by Gasteiger charge is 2.13. The number of H-pyrrole nitrogens is 1. The fourth-order valence-electron chi connectivity index (χ4n) is 2.36. The SMILES string of the molecule is I.c1ccc2c3c([nH]c2c1)CCCC3. The van der Waals surface area contributed by atoms with Gasteiger partial charge in [-0.2, -0.15) is 0 Å². The summed E-state index contributed by atoms with van der Waals surface area (Å²) in [5, 5.41) is 1.44. The van der Waals surface area contributed by atoms with Gasteiger partial charge in [0.05, 0.1) is 0 Å². The maximum atomic E-state index is 3.52. The van der Waals surface area contributed by atoms with E-state index in [1.54, 1.807) is 5.56 Å². The molecule has 0 fully saturated rings. The predicted molar refractivity (Wildman–Crippen MR) is 70.4 cm³/mol. The molecule has 2 aromatic rings. The first-order chi connectivity index (χ1) is 6.45. The highest BCUT2D eigenvalue weighted by Crippen LogP contribution is 2.28. The smallest absolute Gasteiger partial charge is 0.0458 e. The summed E-state index contributed by atoms with van der Waals surface area (Å²) in [5.41, 5.74) is 4.36. The summed E-state index contributed by atoms with van der Waals surface area (Å²) < 4.78 is 0. The van der Waals surface area contributed by atoms with Crippen LogP contribution in [0.1, 0.15) is 24.1 Å². The number of benzene rings is 1. The molecule has 0 radical (unpaired) electrons. The number of fused-ring (bicyclic) bond motifs is 3. The minimum Gasteiger partial charge on any atom is -0.358 e. The van der Waals surface area contributed by atoms with Crippen LogP contribution in [0.3, 0.4) is 0 Å². The van der Waals surface area contributed by atoms with Crippen LogP contribution in [0.15, 0.2) is 24.3 Å². The first-order valence-electron chi connectivity index (χ1n) is 5.03. The number of hydrogen-bond donors (Lipinski definition) is 1. The molecule has 1 aromatic carbocycles. The molecule has 1 heterocycles. The summed E-state index contributed by atoms with van der Waals surface area (Å²) in [6.07, 6.45) is 5.21. The van der Waals surface area contributed by atoms with Crippen molar-refractivity contribution in [2.24, 2.45) is 0 Å². The molecule has 0 spiro atoms. The Hall–Kier alpha value is -0.510. The van der Waals surface area contributed by atoms with E-state index in [1.807, 2.05) is 0 Å². The lowest BCUT2D eigenvalue weighted by molar-refractivity contribution is 0.680. The van der Waals surface area contributed by atoms with Crippen LogP contribution in [0, 0.1) is 0 Å². The molecular formula is C12H14IN. The van der Waals surface area contributed by atoms with Crippen LogP contribution in [0.25, 0.3) is 10.9 Å². The lowest BCUT2D eigenvalue weighted by Crippen LogP contribution is -1.99. The summed E-state index contributed by atoms with van der Waals surface area (Å²) in [4.78, 5) is 3.52. The normalized spacial score (nSPS) is 14.9. The molecule has 0 amide bonds. The van der Waals surface area contributed by atoms with Crippen LogP contribution in [0.4, 0.5) is 0 Å². The molecular weight excluding hydrogens is 285 g/mol. The first kappa shape index (κ1) is 10.0. The van der Waals surface area contributed by atoms with Gasteiger partial charge in [-0.3, -0.25) is 0 Å². The Kier molecular flexibility index (Phi) is 2.81. The van der Waals surface area contributed by atoms with Crippen molar-refractivity contribution in [3.63, 3.8) is 0 Å². The van der Waals surface area contributed by atoms with Gasteiger partial charge in [0.2, 0.25) is 0 Å². The van der Waals surface area contributed by atoms with E-state index >= 15 is 0 Å². The third-order valence-corrected chi connectivity index (χ3v) is 3.01. The topological polar surface area (TPSA) is 15.8 Å². The van der Waals surface area contributed by atoms with Gasteiger partial charge in [-0.25, -0.2) is 0 Å². The van der Waals surface area contributed by atoms with Gasteiger partial charge >= 0.3 is 0 Å². The molecule has 0 atom stereocenters. The number of rotatable bonds is 0. The maximum Gasteiger partial charge on any atom is 0.0458 e. The fourth-order valence-corrected chi connectivity index (χ4v) is 2.36. The molecule has 1 aromatic heterocycles. The van der Waals surface area contributed by atoms with Crippen molar-refractivity contribution >= 4 is 34.9 Å². The molecule has 0 saturated carbocycles. The number of aryl methyl sites for hydroxylation is 2.